The van der Waals surface area contributed by atoms with Crippen molar-refractivity contribution in [2.24, 2.45) is 0 Å². The molecule has 1 heterocycles. The molecule has 0 radical (unpaired) electrons. The molecule has 0 fully saturated rings. The van der Waals surface area contributed by atoms with Crippen LogP contribution < -0.4 is 16.0 Å². The van der Waals surface area contributed by atoms with E-state index in [-0.39, 0.29) is 5.56 Å². The van der Waals surface area contributed by atoms with Crippen molar-refractivity contribution in [1.29, 1.82) is 0 Å². The zero-order valence-corrected chi connectivity index (χ0v) is 12.6. The molecule has 19 heavy (non-hydrogen) atoms. The molecule has 0 saturated heterocycles. The van der Waals surface area contributed by atoms with Crippen LogP contribution in [0.15, 0.2) is 35.4 Å². The summed E-state index contributed by atoms with van der Waals surface area (Å²) in [5, 5.41) is 0. The Bertz CT molecular complexity index is 640. The number of ether oxygens (including phenoxy) is 1. The Labute approximate surface area is 124 Å². The lowest BCUT2D eigenvalue weighted by Gasteiger charge is -2.10. The molecule has 0 spiro atoms. The molecule has 0 bridgehead atoms. The highest BCUT2D eigenvalue weighted by atomic mass is 127. The third kappa shape index (κ3) is 3.25. The summed E-state index contributed by atoms with van der Waals surface area (Å²) >= 11 is 2.01. The van der Waals surface area contributed by atoms with Crippen molar-refractivity contribution in [3.63, 3.8) is 0 Å². The fraction of sp³-hybridized carbons (Fsp3) is 0.231. The fourth-order valence-corrected chi connectivity index (χ4v) is 2.02. The maximum Gasteiger partial charge on any atom is 0.267 e. The first kappa shape index (κ1) is 13.9. The van der Waals surface area contributed by atoms with Gasteiger partial charge in [-0.25, -0.2) is 4.98 Å². The first-order valence-electron chi connectivity index (χ1n) is 5.78. The number of halogens is 1. The van der Waals surface area contributed by atoms with E-state index in [1.807, 2.05) is 41.6 Å². The lowest BCUT2D eigenvalue weighted by molar-refractivity contribution is 0.297. The summed E-state index contributed by atoms with van der Waals surface area (Å²) in [5.41, 5.74) is 7.06. The van der Waals surface area contributed by atoms with Gasteiger partial charge in [-0.3, -0.25) is 9.36 Å². The Morgan fingerprint density at radius 1 is 1.42 bits per heavy atom. The van der Waals surface area contributed by atoms with Gasteiger partial charge in [0.15, 0.2) is 0 Å². The number of hydrogen-bond donors (Lipinski definition) is 1. The zero-order chi connectivity index (χ0) is 13.8. The molecule has 1 aromatic carbocycles. The van der Waals surface area contributed by atoms with Gasteiger partial charge in [-0.15, -0.1) is 0 Å². The molecule has 0 saturated carbocycles. The summed E-state index contributed by atoms with van der Waals surface area (Å²) in [4.78, 5) is 16.1. The van der Waals surface area contributed by atoms with Gasteiger partial charge in [-0.1, -0.05) is 12.1 Å². The molecule has 0 unspecified atom stereocenters. The van der Waals surface area contributed by atoms with Gasteiger partial charge in [0.2, 0.25) is 0 Å². The van der Waals surface area contributed by atoms with Crippen LogP contribution >= 0.6 is 22.6 Å². The summed E-state index contributed by atoms with van der Waals surface area (Å²) < 4.78 is 7.72. The number of rotatable bonds is 4. The Balaban J connectivity index is 2.03. The van der Waals surface area contributed by atoms with Gasteiger partial charge in [-0.2, -0.15) is 0 Å². The Morgan fingerprint density at radius 2 is 2.16 bits per heavy atom. The highest BCUT2D eigenvalue weighted by Gasteiger charge is 2.05. The molecule has 0 atom stereocenters. The van der Waals surface area contributed by atoms with Crippen molar-refractivity contribution in [2.45, 2.75) is 13.5 Å². The summed E-state index contributed by atoms with van der Waals surface area (Å²) in [7, 11) is 0. The maximum absolute atomic E-state index is 11.9. The molecule has 0 aliphatic heterocycles. The molecule has 2 N–H and O–H groups in total. The molecule has 0 amide bonds. The number of benzene rings is 1. The predicted molar refractivity (Wildman–Crippen MR) is 82.3 cm³/mol. The zero-order valence-electron chi connectivity index (χ0n) is 10.5. The molecule has 0 aliphatic carbocycles. The third-order valence-corrected chi connectivity index (χ3v) is 3.91. The number of nitrogens with zero attached hydrogens (tertiary/aromatic N) is 2. The van der Waals surface area contributed by atoms with E-state index in [0.717, 1.165) is 5.69 Å². The SMILES string of the molecule is Cc1ncn(CCOc2ccccc2N)c(=O)c1I. The molecule has 1 aromatic heterocycles. The van der Waals surface area contributed by atoms with Crippen LogP contribution in [0.25, 0.3) is 0 Å². The van der Waals surface area contributed by atoms with E-state index in [4.69, 9.17) is 10.5 Å². The second kappa shape index (κ2) is 6.05. The van der Waals surface area contributed by atoms with Crippen LogP contribution in [0.4, 0.5) is 5.69 Å². The molecule has 5 nitrogen and oxygen atoms in total. The largest absolute Gasteiger partial charge is 0.490 e. The molecule has 6 heteroatoms. The number of aromatic nitrogens is 2. The number of nitrogens with two attached hydrogens (primary N) is 1. The van der Waals surface area contributed by atoms with Crippen molar-refractivity contribution in [2.75, 3.05) is 12.3 Å². The molecule has 2 rings (SSSR count). The minimum absolute atomic E-state index is 0.0438. The van der Waals surface area contributed by atoms with Gasteiger partial charge < -0.3 is 10.5 Å². The van der Waals surface area contributed by atoms with E-state index in [1.54, 1.807) is 12.1 Å². The molecule has 0 aliphatic rings. The van der Waals surface area contributed by atoms with Crippen molar-refractivity contribution in [1.82, 2.24) is 9.55 Å². The van der Waals surface area contributed by atoms with Crippen LogP contribution in [0.2, 0.25) is 0 Å². The number of para-hydroxylation sites is 2. The van der Waals surface area contributed by atoms with Crippen molar-refractivity contribution < 1.29 is 4.74 Å². The second-order valence-corrected chi connectivity index (χ2v) is 5.11. The Hall–Kier alpha value is -1.57. The maximum atomic E-state index is 11.9. The fourth-order valence-electron chi connectivity index (χ4n) is 1.57. The predicted octanol–water partition coefficient (Wildman–Crippen LogP) is 1.82. The van der Waals surface area contributed by atoms with E-state index >= 15 is 0 Å². The minimum Gasteiger partial charge on any atom is -0.490 e. The van der Waals surface area contributed by atoms with Gasteiger partial charge in [0.1, 0.15) is 12.4 Å². The lowest BCUT2D eigenvalue weighted by Crippen LogP contribution is -2.26. The quantitative estimate of drug-likeness (QED) is 0.658. The standard InChI is InChI=1S/C13H14IN3O2/c1-9-12(14)13(18)17(8-16-9)6-7-19-11-5-3-2-4-10(11)15/h2-5,8H,6-7,15H2,1H3. The number of hydrogen-bond acceptors (Lipinski definition) is 4. The van der Waals surface area contributed by atoms with Crippen LogP contribution in [-0.2, 0) is 6.54 Å². The lowest BCUT2D eigenvalue weighted by atomic mass is 10.3. The molecular formula is C13H14IN3O2. The van der Waals surface area contributed by atoms with Gasteiger partial charge in [-0.05, 0) is 41.6 Å². The van der Waals surface area contributed by atoms with E-state index in [0.29, 0.717) is 28.2 Å². The minimum atomic E-state index is -0.0438. The normalized spacial score (nSPS) is 10.4. The number of aryl methyl sites for hydroxylation is 1. The van der Waals surface area contributed by atoms with Crippen molar-refractivity contribution >= 4 is 28.3 Å². The monoisotopic (exact) mass is 371 g/mol. The topological polar surface area (TPSA) is 70.1 Å². The third-order valence-electron chi connectivity index (χ3n) is 2.67. The Kier molecular flexibility index (Phi) is 4.41. The van der Waals surface area contributed by atoms with Gasteiger partial charge >= 0.3 is 0 Å². The molecule has 2 aromatic rings. The first-order chi connectivity index (χ1) is 9.09. The molecular weight excluding hydrogens is 357 g/mol. The second-order valence-electron chi connectivity index (χ2n) is 4.03. The summed E-state index contributed by atoms with van der Waals surface area (Å²) in [6.07, 6.45) is 1.54. The Morgan fingerprint density at radius 3 is 2.89 bits per heavy atom. The average molecular weight is 371 g/mol. The van der Waals surface area contributed by atoms with Gasteiger partial charge in [0, 0.05) is 0 Å². The summed E-state index contributed by atoms with van der Waals surface area (Å²) in [6.45, 7) is 2.63. The number of nitrogen functional groups attached to an aromatic ring is 1. The van der Waals surface area contributed by atoms with Crippen LogP contribution in [0.5, 0.6) is 5.75 Å². The smallest absolute Gasteiger partial charge is 0.267 e. The van der Waals surface area contributed by atoms with Gasteiger partial charge in [0.05, 0.1) is 27.8 Å². The van der Waals surface area contributed by atoms with Crippen molar-refractivity contribution in [3.8, 4) is 5.75 Å². The van der Waals surface area contributed by atoms with Crippen LogP contribution in [0, 0.1) is 10.5 Å². The van der Waals surface area contributed by atoms with E-state index < -0.39 is 0 Å². The summed E-state index contributed by atoms with van der Waals surface area (Å²) in [5.74, 6) is 0.630. The summed E-state index contributed by atoms with van der Waals surface area (Å²) in [6, 6.07) is 7.28. The van der Waals surface area contributed by atoms with Gasteiger partial charge in [0.25, 0.3) is 5.56 Å². The highest BCUT2D eigenvalue weighted by Crippen LogP contribution is 2.19. The van der Waals surface area contributed by atoms with E-state index in [9.17, 15) is 4.79 Å². The van der Waals surface area contributed by atoms with E-state index in [2.05, 4.69) is 4.98 Å². The highest BCUT2D eigenvalue weighted by molar-refractivity contribution is 14.1. The molecule has 100 valence electrons. The van der Waals surface area contributed by atoms with Crippen LogP contribution in [0.3, 0.4) is 0 Å². The first-order valence-corrected chi connectivity index (χ1v) is 6.86. The van der Waals surface area contributed by atoms with E-state index in [1.165, 1.54) is 10.9 Å². The van der Waals surface area contributed by atoms with Crippen LogP contribution in [0.1, 0.15) is 5.69 Å². The van der Waals surface area contributed by atoms with Crippen LogP contribution in [-0.4, -0.2) is 16.2 Å². The average Bonchev–Trinajstić information content (AvgIpc) is 2.41. The van der Waals surface area contributed by atoms with Crippen molar-refractivity contribution in [3.05, 3.63) is 50.2 Å². The number of anilines is 1.